The average molecular weight is 295 g/mol. The lowest BCUT2D eigenvalue weighted by molar-refractivity contribution is 0.326. The van der Waals surface area contributed by atoms with Gasteiger partial charge in [0, 0.05) is 24.9 Å². The average Bonchev–Trinajstić information content (AvgIpc) is 2.49. The number of likely N-dealkylation sites (N-methyl/N-ethyl adjacent to an activating group) is 1. The molecule has 0 amide bonds. The molecule has 1 aromatic rings. The number of hydrogen-bond acceptors (Lipinski definition) is 3. The van der Waals surface area contributed by atoms with E-state index in [9.17, 15) is 0 Å². The van der Waals surface area contributed by atoms with Gasteiger partial charge in [0.05, 0.1) is 0 Å². The Hall–Kier alpha value is -0.540. The lowest BCUT2D eigenvalue weighted by Gasteiger charge is -2.16. The fourth-order valence-corrected chi connectivity index (χ4v) is 2.56. The topological polar surface area (TPSA) is 16.1 Å². The molecule has 0 aliphatic heterocycles. The van der Waals surface area contributed by atoms with Crippen molar-refractivity contribution in [2.45, 2.75) is 51.4 Å². The second kappa shape index (κ2) is 12.2. The van der Waals surface area contributed by atoms with E-state index in [1.807, 2.05) is 12.3 Å². The first-order valence-corrected chi connectivity index (χ1v) is 8.65. The first kappa shape index (κ1) is 17.5. The Labute approximate surface area is 130 Å². The molecule has 0 aliphatic carbocycles. The number of unbranched alkanes of at least 4 members (excludes halogenated alkanes) is 6. The van der Waals surface area contributed by atoms with Crippen LogP contribution in [-0.4, -0.2) is 35.8 Å². The smallest absolute Gasteiger partial charge is 0.0416 e. The third kappa shape index (κ3) is 9.38. The van der Waals surface area contributed by atoms with Crippen LogP contribution < -0.4 is 0 Å². The standard InChI is InChI=1S/C17H30N2S/c1-19(15-12-17-11-7-8-13-18-17)14-9-5-3-2-4-6-10-16-20/h7-8,11,13,20H,2-6,9-10,12,14-16H2,1H3. The van der Waals surface area contributed by atoms with Gasteiger partial charge < -0.3 is 4.90 Å². The highest BCUT2D eigenvalue weighted by molar-refractivity contribution is 7.80. The Bertz CT molecular complexity index is 316. The maximum absolute atomic E-state index is 4.36. The van der Waals surface area contributed by atoms with Gasteiger partial charge in [0.15, 0.2) is 0 Å². The Morgan fingerprint density at radius 1 is 0.950 bits per heavy atom. The summed E-state index contributed by atoms with van der Waals surface area (Å²) in [5.74, 6) is 1.04. The van der Waals surface area contributed by atoms with Gasteiger partial charge in [-0.05, 0) is 44.3 Å². The molecule has 1 aromatic heterocycles. The van der Waals surface area contributed by atoms with E-state index in [1.54, 1.807) is 0 Å². The molecule has 0 radical (unpaired) electrons. The number of aromatic nitrogens is 1. The zero-order valence-corrected chi connectivity index (χ0v) is 13.8. The highest BCUT2D eigenvalue weighted by Gasteiger charge is 2.00. The van der Waals surface area contributed by atoms with Crippen molar-refractivity contribution in [2.24, 2.45) is 0 Å². The van der Waals surface area contributed by atoms with E-state index in [2.05, 4.69) is 41.7 Å². The summed E-state index contributed by atoms with van der Waals surface area (Å²) in [7, 11) is 2.22. The molecule has 0 saturated carbocycles. The predicted molar refractivity (Wildman–Crippen MR) is 91.6 cm³/mol. The Balaban J connectivity index is 1.91. The van der Waals surface area contributed by atoms with Gasteiger partial charge in [-0.2, -0.15) is 12.6 Å². The minimum Gasteiger partial charge on any atom is -0.306 e. The number of hydrogen-bond donors (Lipinski definition) is 1. The first-order chi connectivity index (χ1) is 9.83. The van der Waals surface area contributed by atoms with Gasteiger partial charge in [0.2, 0.25) is 0 Å². The molecule has 0 bridgehead atoms. The van der Waals surface area contributed by atoms with Crippen molar-refractivity contribution < 1.29 is 0 Å². The molecule has 0 aliphatic rings. The van der Waals surface area contributed by atoms with Crippen LogP contribution in [0, 0.1) is 0 Å². The van der Waals surface area contributed by atoms with Crippen molar-refractivity contribution >= 4 is 12.6 Å². The summed E-state index contributed by atoms with van der Waals surface area (Å²) in [5, 5.41) is 0. The molecule has 0 aromatic carbocycles. The summed E-state index contributed by atoms with van der Waals surface area (Å²) in [5.41, 5.74) is 1.20. The summed E-state index contributed by atoms with van der Waals surface area (Å²) >= 11 is 4.24. The normalized spacial score (nSPS) is 11.2. The summed E-state index contributed by atoms with van der Waals surface area (Å²) in [6, 6.07) is 6.15. The first-order valence-electron chi connectivity index (χ1n) is 8.02. The molecule has 0 saturated heterocycles. The third-order valence-corrected chi connectivity index (χ3v) is 3.99. The van der Waals surface area contributed by atoms with E-state index < -0.39 is 0 Å². The van der Waals surface area contributed by atoms with E-state index in [0.29, 0.717) is 0 Å². The molecule has 0 N–H and O–H groups in total. The minimum atomic E-state index is 1.04. The Kier molecular flexibility index (Phi) is 10.7. The predicted octanol–water partition coefficient (Wildman–Crippen LogP) is 4.22. The van der Waals surface area contributed by atoms with E-state index in [1.165, 1.54) is 57.2 Å². The summed E-state index contributed by atoms with van der Waals surface area (Å²) in [4.78, 5) is 6.79. The molecule has 20 heavy (non-hydrogen) atoms. The van der Waals surface area contributed by atoms with Gasteiger partial charge in [-0.1, -0.05) is 38.2 Å². The van der Waals surface area contributed by atoms with Crippen LogP contribution in [0.15, 0.2) is 24.4 Å². The van der Waals surface area contributed by atoms with E-state index in [4.69, 9.17) is 0 Å². The molecule has 0 spiro atoms. The molecule has 0 atom stereocenters. The fraction of sp³-hybridized carbons (Fsp3) is 0.706. The van der Waals surface area contributed by atoms with Crippen molar-refractivity contribution in [2.75, 3.05) is 25.9 Å². The van der Waals surface area contributed by atoms with Crippen LogP contribution >= 0.6 is 12.6 Å². The number of pyridine rings is 1. The Morgan fingerprint density at radius 2 is 1.65 bits per heavy atom. The van der Waals surface area contributed by atoms with Crippen molar-refractivity contribution in [1.82, 2.24) is 9.88 Å². The van der Waals surface area contributed by atoms with Crippen molar-refractivity contribution in [3.05, 3.63) is 30.1 Å². The molecule has 0 unspecified atom stereocenters. The van der Waals surface area contributed by atoms with Crippen LogP contribution in [0.3, 0.4) is 0 Å². The van der Waals surface area contributed by atoms with Gasteiger partial charge in [-0.15, -0.1) is 0 Å². The molecule has 1 heterocycles. The van der Waals surface area contributed by atoms with Crippen LogP contribution in [0.2, 0.25) is 0 Å². The van der Waals surface area contributed by atoms with Gasteiger partial charge >= 0.3 is 0 Å². The highest BCUT2D eigenvalue weighted by atomic mass is 32.1. The molecule has 2 nitrogen and oxygen atoms in total. The fourth-order valence-electron chi connectivity index (χ4n) is 2.34. The monoisotopic (exact) mass is 294 g/mol. The van der Waals surface area contributed by atoms with Crippen LogP contribution in [0.25, 0.3) is 0 Å². The van der Waals surface area contributed by atoms with E-state index in [-0.39, 0.29) is 0 Å². The lowest BCUT2D eigenvalue weighted by atomic mass is 10.1. The maximum atomic E-state index is 4.36. The molecule has 114 valence electrons. The molecular formula is C17H30N2S. The minimum absolute atomic E-state index is 1.04. The Morgan fingerprint density at radius 3 is 2.30 bits per heavy atom. The zero-order valence-electron chi connectivity index (χ0n) is 12.9. The van der Waals surface area contributed by atoms with Crippen LogP contribution in [0.5, 0.6) is 0 Å². The quantitative estimate of drug-likeness (QED) is 0.459. The molecular weight excluding hydrogens is 264 g/mol. The summed E-state index contributed by atoms with van der Waals surface area (Å²) in [6.07, 6.45) is 12.4. The van der Waals surface area contributed by atoms with Gasteiger partial charge in [0.25, 0.3) is 0 Å². The van der Waals surface area contributed by atoms with Crippen LogP contribution in [0.4, 0.5) is 0 Å². The van der Waals surface area contributed by atoms with E-state index >= 15 is 0 Å². The SMILES string of the molecule is CN(CCCCCCCCCS)CCc1ccccn1. The molecule has 0 fully saturated rings. The highest BCUT2D eigenvalue weighted by Crippen LogP contribution is 2.08. The second-order valence-electron chi connectivity index (χ2n) is 5.57. The number of rotatable bonds is 12. The van der Waals surface area contributed by atoms with Gasteiger partial charge in [-0.3, -0.25) is 4.98 Å². The van der Waals surface area contributed by atoms with Crippen LogP contribution in [0.1, 0.15) is 50.6 Å². The summed E-state index contributed by atoms with van der Waals surface area (Å²) < 4.78 is 0. The second-order valence-corrected chi connectivity index (χ2v) is 6.02. The molecule has 3 heteroatoms. The maximum Gasteiger partial charge on any atom is 0.0416 e. The largest absolute Gasteiger partial charge is 0.306 e. The van der Waals surface area contributed by atoms with Gasteiger partial charge in [-0.25, -0.2) is 0 Å². The number of thiol groups is 1. The molecule has 1 rings (SSSR count). The lowest BCUT2D eigenvalue weighted by Crippen LogP contribution is -2.22. The van der Waals surface area contributed by atoms with Crippen LogP contribution in [-0.2, 0) is 6.42 Å². The van der Waals surface area contributed by atoms with Crippen molar-refractivity contribution in [3.8, 4) is 0 Å². The van der Waals surface area contributed by atoms with Gasteiger partial charge in [0.1, 0.15) is 0 Å². The van der Waals surface area contributed by atoms with Crippen molar-refractivity contribution in [1.29, 1.82) is 0 Å². The zero-order chi connectivity index (χ0) is 14.5. The summed E-state index contributed by atoms with van der Waals surface area (Å²) in [6.45, 7) is 2.32. The van der Waals surface area contributed by atoms with E-state index in [0.717, 1.165) is 18.7 Å². The number of nitrogens with zero attached hydrogens (tertiary/aromatic N) is 2. The third-order valence-electron chi connectivity index (χ3n) is 3.67. The van der Waals surface area contributed by atoms with Crippen molar-refractivity contribution in [3.63, 3.8) is 0 Å².